The van der Waals surface area contributed by atoms with Crippen molar-refractivity contribution in [2.24, 2.45) is 0 Å². The Morgan fingerprint density at radius 3 is 1.52 bits per heavy atom. The summed E-state index contributed by atoms with van der Waals surface area (Å²) in [6.45, 7) is 4.22. The molecule has 0 saturated heterocycles. The number of carbonyl (C=O) groups is 2. The van der Waals surface area contributed by atoms with Crippen molar-refractivity contribution in [1.82, 2.24) is 9.44 Å². The smallest absolute Gasteiger partial charge is 0.422 e. The Morgan fingerprint density at radius 2 is 1.19 bits per heavy atom. The van der Waals surface area contributed by atoms with Gasteiger partial charge in [-0.1, -0.05) is 39.5 Å². The molecule has 9 heteroatoms. The third-order valence-electron chi connectivity index (χ3n) is 2.40. The Hall–Kier alpha value is -1.51. The Labute approximate surface area is 125 Å². The highest BCUT2D eigenvalue weighted by molar-refractivity contribution is 7.88. The van der Waals surface area contributed by atoms with Gasteiger partial charge >= 0.3 is 22.4 Å². The number of amides is 2. The van der Waals surface area contributed by atoms with Crippen LogP contribution in [0.15, 0.2) is 0 Å². The molecule has 0 atom stereocenters. The average Bonchev–Trinajstić information content (AvgIpc) is 2.38. The SMILES string of the molecule is CCCCCOC(=O)NS(=O)(=O)NC(=O)OCCCCC. The second-order valence-electron chi connectivity index (χ2n) is 4.39. The lowest BCUT2D eigenvalue weighted by molar-refractivity contribution is 0.148. The number of hydrogen-bond acceptors (Lipinski definition) is 6. The van der Waals surface area contributed by atoms with Crippen LogP contribution in [-0.2, 0) is 19.7 Å². The van der Waals surface area contributed by atoms with E-state index in [2.05, 4.69) is 9.47 Å². The van der Waals surface area contributed by atoms with E-state index in [-0.39, 0.29) is 13.2 Å². The molecule has 124 valence electrons. The van der Waals surface area contributed by atoms with Gasteiger partial charge in [0.15, 0.2) is 0 Å². The fourth-order valence-electron chi connectivity index (χ4n) is 1.34. The molecule has 0 aromatic carbocycles. The van der Waals surface area contributed by atoms with E-state index < -0.39 is 22.4 Å². The number of unbranched alkanes of at least 4 members (excludes halogenated alkanes) is 4. The summed E-state index contributed by atoms with van der Waals surface area (Å²) >= 11 is 0. The minimum absolute atomic E-state index is 0.122. The van der Waals surface area contributed by atoms with E-state index in [1.807, 2.05) is 13.8 Å². The second kappa shape index (κ2) is 11.2. The van der Waals surface area contributed by atoms with Crippen LogP contribution in [0.25, 0.3) is 0 Å². The molecule has 0 radical (unpaired) electrons. The number of carbonyl (C=O) groups excluding carboxylic acids is 2. The lowest BCUT2D eigenvalue weighted by Gasteiger charge is -2.09. The van der Waals surface area contributed by atoms with E-state index in [1.165, 1.54) is 0 Å². The van der Waals surface area contributed by atoms with E-state index >= 15 is 0 Å². The van der Waals surface area contributed by atoms with Crippen LogP contribution in [0, 0.1) is 0 Å². The first-order valence-electron chi connectivity index (χ1n) is 7.05. The monoisotopic (exact) mass is 324 g/mol. The largest absolute Gasteiger partial charge is 0.449 e. The molecule has 2 N–H and O–H groups in total. The van der Waals surface area contributed by atoms with Gasteiger partial charge in [0, 0.05) is 0 Å². The first-order chi connectivity index (χ1) is 9.91. The second-order valence-corrected chi connectivity index (χ2v) is 5.81. The van der Waals surface area contributed by atoms with Crippen LogP contribution >= 0.6 is 0 Å². The summed E-state index contributed by atoms with van der Waals surface area (Å²) in [5.74, 6) is 0. The molecule has 0 rings (SSSR count). The van der Waals surface area contributed by atoms with E-state index in [1.54, 1.807) is 9.44 Å². The van der Waals surface area contributed by atoms with Crippen LogP contribution in [0.5, 0.6) is 0 Å². The fourth-order valence-corrected chi connectivity index (χ4v) is 1.95. The fraction of sp³-hybridized carbons (Fsp3) is 0.833. The lowest BCUT2D eigenvalue weighted by Crippen LogP contribution is -2.43. The molecule has 2 amide bonds. The topological polar surface area (TPSA) is 111 Å². The highest BCUT2D eigenvalue weighted by atomic mass is 32.2. The molecule has 0 spiro atoms. The minimum Gasteiger partial charge on any atom is -0.449 e. The molecule has 0 fully saturated rings. The highest BCUT2D eigenvalue weighted by Crippen LogP contribution is 1.96. The van der Waals surface area contributed by atoms with Gasteiger partial charge in [0.25, 0.3) is 0 Å². The molecule has 0 aliphatic heterocycles. The van der Waals surface area contributed by atoms with Gasteiger partial charge in [0.2, 0.25) is 0 Å². The van der Waals surface area contributed by atoms with Gasteiger partial charge in [0.05, 0.1) is 13.2 Å². The van der Waals surface area contributed by atoms with Crippen LogP contribution in [0.3, 0.4) is 0 Å². The first-order valence-corrected chi connectivity index (χ1v) is 8.53. The predicted octanol–water partition coefficient (Wildman–Crippen LogP) is 2.06. The van der Waals surface area contributed by atoms with Gasteiger partial charge in [-0.15, -0.1) is 0 Å². The summed E-state index contributed by atoms with van der Waals surface area (Å²) in [7, 11) is -4.31. The maximum Gasteiger partial charge on any atom is 0.422 e. The highest BCUT2D eigenvalue weighted by Gasteiger charge is 2.19. The summed E-state index contributed by atoms with van der Waals surface area (Å²) in [6, 6.07) is 0. The molecule has 0 saturated carbocycles. The van der Waals surface area contributed by atoms with E-state index in [4.69, 9.17) is 0 Å². The Balaban J connectivity index is 3.95. The van der Waals surface area contributed by atoms with Gasteiger partial charge in [-0.25, -0.2) is 19.0 Å². The summed E-state index contributed by atoms with van der Waals surface area (Å²) < 4.78 is 35.2. The zero-order valence-corrected chi connectivity index (χ0v) is 13.3. The summed E-state index contributed by atoms with van der Waals surface area (Å²) in [5, 5.41) is 0. The molecule has 0 unspecified atom stereocenters. The molecule has 0 aliphatic rings. The van der Waals surface area contributed by atoms with E-state index in [0.29, 0.717) is 12.8 Å². The third kappa shape index (κ3) is 12.0. The zero-order valence-electron chi connectivity index (χ0n) is 12.5. The number of rotatable bonds is 10. The van der Waals surface area contributed by atoms with Gasteiger partial charge in [-0.2, -0.15) is 8.42 Å². The van der Waals surface area contributed by atoms with Gasteiger partial charge in [0.1, 0.15) is 0 Å². The summed E-state index contributed by atoms with van der Waals surface area (Å²) in [4.78, 5) is 22.4. The number of hydrogen-bond donors (Lipinski definition) is 2. The molecule has 8 nitrogen and oxygen atoms in total. The van der Waals surface area contributed by atoms with E-state index in [9.17, 15) is 18.0 Å². The summed E-state index contributed by atoms with van der Waals surface area (Å²) in [6.07, 6.45) is 2.71. The summed E-state index contributed by atoms with van der Waals surface area (Å²) in [5.41, 5.74) is 0. The van der Waals surface area contributed by atoms with Crippen molar-refractivity contribution < 1.29 is 27.5 Å². The molecular formula is C12H24N2O6S. The third-order valence-corrected chi connectivity index (χ3v) is 3.27. The molecule has 21 heavy (non-hydrogen) atoms. The Bertz CT molecular complexity index is 378. The van der Waals surface area contributed by atoms with Crippen molar-refractivity contribution in [3.05, 3.63) is 0 Å². The van der Waals surface area contributed by atoms with Gasteiger partial charge < -0.3 is 9.47 Å². The van der Waals surface area contributed by atoms with E-state index in [0.717, 1.165) is 25.7 Å². The molecule has 0 aromatic heterocycles. The molecule has 0 aromatic rings. The van der Waals surface area contributed by atoms with Gasteiger partial charge in [-0.05, 0) is 12.8 Å². The Kier molecular flexibility index (Phi) is 10.4. The maximum atomic E-state index is 11.4. The van der Waals surface area contributed by atoms with Crippen molar-refractivity contribution >= 4 is 22.4 Å². The minimum atomic E-state index is -4.31. The van der Waals surface area contributed by atoms with Gasteiger partial charge in [-0.3, -0.25) is 0 Å². The quantitative estimate of drug-likeness (QED) is 0.595. The first kappa shape index (κ1) is 19.5. The Morgan fingerprint density at radius 1 is 0.810 bits per heavy atom. The van der Waals surface area contributed by atoms with Crippen molar-refractivity contribution in [3.63, 3.8) is 0 Å². The molecule has 0 aliphatic carbocycles. The molecule has 0 bridgehead atoms. The predicted molar refractivity (Wildman–Crippen MR) is 76.9 cm³/mol. The normalized spacial score (nSPS) is 10.8. The van der Waals surface area contributed by atoms with Crippen molar-refractivity contribution in [3.8, 4) is 0 Å². The maximum absolute atomic E-state index is 11.4. The van der Waals surface area contributed by atoms with Crippen LogP contribution in [0.1, 0.15) is 52.4 Å². The lowest BCUT2D eigenvalue weighted by atomic mass is 10.3. The van der Waals surface area contributed by atoms with Crippen molar-refractivity contribution in [2.75, 3.05) is 13.2 Å². The van der Waals surface area contributed by atoms with Crippen molar-refractivity contribution in [2.45, 2.75) is 52.4 Å². The van der Waals surface area contributed by atoms with Crippen LogP contribution in [0.2, 0.25) is 0 Å². The standard InChI is InChI=1S/C12H24N2O6S/c1-3-5-7-9-19-11(15)13-21(17,18)14-12(16)20-10-8-6-4-2/h3-10H2,1-2H3,(H,13,15)(H,14,16). The average molecular weight is 324 g/mol. The van der Waals surface area contributed by atoms with Crippen molar-refractivity contribution in [1.29, 1.82) is 0 Å². The van der Waals surface area contributed by atoms with Crippen LogP contribution < -0.4 is 9.44 Å². The van der Waals surface area contributed by atoms with Crippen LogP contribution in [0.4, 0.5) is 9.59 Å². The number of nitrogens with one attached hydrogen (secondary N) is 2. The zero-order chi connectivity index (χ0) is 16.1. The molecular weight excluding hydrogens is 300 g/mol. The van der Waals surface area contributed by atoms with Crippen LogP contribution in [-0.4, -0.2) is 33.8 Å². The number of ether oxygens (including phenoxy) is 2. The molecule has 0 heterocycles.